The summed E-state index contributed by atoms with van der Waals surface area (Å²) in [4.78, 5) is 28.1. The summed E-state index contributed by atoms with van der Waals surface area (Å²) in [5.41, 5.74) is 0.397. The molecule has 0 aliphatic rings. The van der Waals surface area contributed by atoms with Crippen LogP contribution in [0.2, 0.25) is 0 Å². The molecule has 0 aromatic carbocycles. The minimum absolute atomic E-state index is 0.118. The molecule has 1 amide bonds. The summed E-state index contributed by atoms with van der Waals surface area (Å²) >= 11 is 0. The Morgan fingerprint density at radius 3 is 2.71 bits per heavy atom. The minimum Gasteiger partial charge on any atom is -0.476 e. The predicted octanol–water partition coefficient (Wildman–Crippen LogP) is -0.0182. The topological polar surface area (TPSA) is 92.2 Å². The minimum atomic E-state index is -1.12. The molecular formula is C8H9N3O3. The number of nitrogens with zero attached hydrogens (tertiary/aromatic N) is 2. The number of nitrogens with one attached hydrogen (secondary N) is 1. The van der Waals surface area contributed by atoms with Crippen molar-refractivity contribution in [2.45, 2.75) is 13.0 Å². The second-order valence-corrected chi connectivity index (χ2v) is 2.64. The van der Waals surface area contributed by atoms with Gasteiger partial charge < -0.3 is 10.4 Å². The third-order valence-electron chi connectivity index (χ3n) is 1.65. The Labute approximate surface area is 80.0 Å². The molecule has 1 rings (SSSR count). The fraction of sp³-hybridized carbons (Fsp3) is 0.250. The first-order valence-electron chi connectivity index (χ1n) is 3.90. The lowest BCUT2D eigenvalue weighted by Crippen LogP contribution is -2.18. The van der Waals surface area contributed by atoms with Gasteiger partial charge in [-0.15, -0.1) is 0 Å². The number of carbonyl (C=O) groups is 2. The molecule has 14 heavy (non-hydrogen) atoms. The van der Waals surface area contributed by atoms with Gasteiger partial charge in [0.05, 0.1) is 24.1 Å². The molecule has 0 aliphatic carbocycles. The van der Waals surface area contributed by atoms with E-state index in [-0.39, 0.29) is 11.7 Å². The van der Waals surface area contributed by atoms with Crippen LogP contribution in [0, 0.1) is 0 Å². The van der Waals surface area contributed by atoms with E-state index in [1.54, 1.807) is 6.92 Å². The smallest absolute Gasteiger partial charge is 0.356 e. The SMILES string of the molecule is CC(NC=O)c1cnc(C(=O)O)cn1. The summed E-state index contributed by atoms with van der Waals surface area (Å²) in [5, 5.41) is 11.0. The van der Waals surface area contributed by atoms with Crippen LogP contribution >= 0.6 is 0 Å². The fourth-order valence-electron chi connectivity index (χ4n) is 0.860. The standard InChI is InChI=1S/C8H9N3O3/c1-5(11-4-12)6-2-10-7(3-9-6)8(13)14/h2-5H,1H3,(H,11,12)(H,13,14). The molecule has 0 saturated carbocycles. The Kier molecular flexibility index (Phi) is 3.11. The third-order valence-corrected chi connectivity index (χ3v) is 1.65. The zero-order chi connectivity index (χ0) is 10.6. The molecular weight excluding hydrogens is 186 g/mol. The highest BCUT2D eigenvalue weighted by molar-refractivity contribution is 5.84. The van der Waals surface area contributed by atoms with E-state index in [1.807, 2.05) is 0 Å². The van der Waals surface area contributed by atoms with E-state index in [1.165, 1.54) is 6.20 Å². The van der Waals surface area contributed by atoms with Gasteiger partial charge in [0.2, 0.25) is 6.41 Å². The number of amides is 1. The number of hydrogen-bond acceptors (Lipinski definition) is 4. The predicted molar refractivity (Wildman–Crippen MR) is 46.6 cm³/mol. The summed E-state index contributed by atoms with van der Waals surface area (Å²) in [6, 6.07) is -0.275. The van der Waals surface area contributed by atoms with Crippen molar-refractivity contribution in [3.05, 3.63) is 23.8 Å². The quantitative estimate of drug-likeness (QED) is 0.659. The maximum Gasteiger partial charge on any atom is 0.356 e. The van der Waals surface area contributed by atoms with Gasteiger partial charge in [0.15, 0.2) is 5.69 Å². The number of aromatic carboxylic acids is 1. The van der Waals surface area contributed by atoms with Crippen LogP contribution in [0.25, 0.3) is 0 Å². The van der Waals surface area contributed by atoms with Gasteiger partial charge in [0.1, 0.15) is 0 Å². The summed E-state index contributed by atoms with van der Waals surface area (Å²) in [7, 11) is 0. The molecule has 2 N–H and O–H groups in total. The van der Waals surface area contributed by atoms with Gasteiger partial charge in [-0.1, -0.05) is 0 Å². The van der Waals surface area contributed by atoms with Crippen LogP contribution in [0.4, 0.5) is 0 Å². The molecule has 1 heterocycles. The lowest BCUT2D eigenvalue weighted by atomic mass is 10.2. The molecule has 6 nitrogen and oxygen atoms in total. The monoisotopic (exact) mass is 195 g/mol. The highest BCUT2D eigenvalue weighted by Crippen LogP contribution is 2.06. The van der Waals surface area contributed by atoms with Crippen molar-refractivity contribution in [2.24, 2.45) is 0 Å². The van der Waals surface area contributed by atoms with Gasteiger partial charge in [0, 0.05) is 0 Å². The molecule has 1 aromatic heterocycles. The largest absolute Gasteiger partial charge is 0.476 e. The molecule has 0 saturated heterocycles. The van der Waals surface area contributed by atoms with Crippen LogP contribution in [0.15, 0.2) is 12.4 Å². The highest BCUT2D eigenvalue weighted by atomic mass is 16.4. The first-order chi connectivity index (χ1) is 6.65. The van der Waals surface area contributed by atoms with Crippen molar-refractivity contribution in [3.63, 3.8) is 0 Å². The van der Waals surface area contributed by atoms with Crippen LogP contribution < -0.4 is 5.32 Å². The van der Waals surface area contributed by atoms with Crippen molar-refractivity contribution in [2.75, 3.05) is 0 Å². The van der Waals surface area contributed by atoms with Crippen molar-refractivity contribution in [1.29, 1.82) is 0 Å². The van der Waals surface area contributed by atoms with Gasteiger partial charge in [-0.25, -0.2) is 9.78 Å². The van der Waals surface area contributed by atoms with E-state index in [9.17, 15) is 9.59 Å². The Balaban J connectivity index is 2.82. The molecule has 0 bridgehead atoms. The Morgan fingerprint density at radius 2 is 2.29 bits per heavy atom. The van der Waals surface area contributed by atoms with E-state index in [0.29, 0.717) is 12.1 Å². The summed E-state index contributed by atoms with van der Waals surface area (Å²) < 4.78 is 0. The molecule has 6 heteroatoms. The van der Waals surface area contributed by atoms with Gasteiger partial charge >= 0.3 is 5.97 Å². The average Bonchev–Trinajstić information content (AvgIpc) is 2.18. The van der Waals surface area contributed by atoms with Crippen molar-refractivity contribution < 1.29 is 14.7 Å². The molecule has 0 radical (unpaired) electrons. The van der Waals surface area contributed by atoms with E-state index in [0.717, 1.165) is 6.20 Å². The lowest BCUT2D eigenvalue weighted by molar-refractivity contribution is -0.110. The Hall–Kier alpha value is -1.98. The van der Waals surface area contributed by atoms with Crippen LogP contribution in [0.3, 0.4) is 0 Å². The van der Waals surface area contributed by atoms with Gasteiger partial charge in [0.25, 0.3) is 0 Å². The summed E-state index contributed by atoms with van der Waals surface area (Å²) in [6.45, 7) is 1.72. The van der Waals surface area contributed by atoms with Crippen LogP contribution in [0.1, 0.15) is 29.1 Å². The summed E-state index contributed by atoms with van der Waals surface area (Å²) in [5.74, 6) is -1.12. The van der Waals surface area contributed by atoms with E-state index >= 15 is 0 Å². The number of rotatable bonds is 4. The second kappa shape index (κ2) is 4.31. The van der Waals surface area contributed by atoms with Crippen LogP contribution in [-0.2, 0) is 4.79 Å². The lowest BCUT2D eigenvalue weighted by Gasteiger charge is -2.08. The molecule has 74 valence electrons. The van der Waals surface area contributed by atoms with Crippen LogP contribution in [-0.4, -0.2) is 27.5 Å². The van der Waals surface area contributed by atoms with Crippen molar-refractivity contribution >= 4 is 12.4 Å². The van der Waals surface area contributed by atoms with Crippen molar-refractivity contribution in [3.8, 4) is 0 Å². The number of carboxylic acids is 1. The number of carbonyl (C=O) groups excluding carboxylic acids is 1. The fourth-order valence-corrected chi connectivity index (χ4v) is 0.860. The maximum absolute atomic E-state index is 10.4. The average molecular weight is 195 g/mol. The normalized spacial score (nSPS) is 11.8. The maximum atomic E-state index is 10.4. The molecule has 1 unspecified atom stereocenters. The van der Waals surface area contributed by atoms with Crippen LogP contribution in [0.5, 0.6) is 0 Å². The van der Waals surface area contributed by atoms with Gasteiger partial charge in [-0.05, 0) is 6.92 Å². The van der Waals surface area contributed by atoms with Crippen molar-refractivity contribution in [1.82, 2.24) is 15.3 Å². The zero-order valence-electron chi connectivity index (χ0n) is 7.47. The molecule has 1 aromatic rings. The summed E-state index contributed by atoms with van der Waals surface area (Å²) in [6.07, 6.45) is 3.03. The third kappa shape index (κ3) is 2.25. The van der Waals surface area contributed by atoms with E-state index < -0.39 is 5.97 Å². The molecule has 0 spiro atoms. The number of hydrogen-bond donors (Lipinski definition) is 2. The number of carboxylic acid groups (broad SMARTS) is 1. The Morgan fingerprint density at radius 1 is 1.57 bits per heavy atom. The molecule has 0 fully saturated rings. The first-order valence-corrected chi connectivity index (χ1v) is 3.90. The van der Waals surface area contributed by atoms with Gasteiger partial charge in [-0.3, -0.25) is 9.78 Å². The van der Waals surface area contributed by atoms with E-state index in [4.69, 9.17) is 5.11 Å². The zero-order valence-corrected chi connectivity index (χ0v) is 7.47. The highest BCUT2D eigenvalue weighted by Gasteiger charge is 2.08. The molecule has 1 atom stereocenters. The van der Waals surface area contributed by atoms with E-state index in [2.05, 4.69) is 15.3 Å². The first kappa shape index (κ1) is 10.1. The van der Waals surface area contributed by atoms with Gasteiger partial charge in [-0.2, -0.15) is 0 Å². The molecule has 0 aliphatic heterocycles. The second-order valence-electron chi connectivity index (χ2n) is 2.64. The number of aromatic nitrogens is 2. The Bertz CT molecular complexity index is 336.